The molecule has 3 aromatic rings. The number of benzene rings is 1. The van der Waals surface area contributed by atoms with Crippen LogP contribution in [0.4, 0.5) is 13.2 Å². The fraction of sp³-hybridized carbons (Fsp3) is 0.200. The zero-order valence-electron chi connectivity index (χ0n) is 15.1. The molecule has 1 amide bonds. The van der Waals surface area contributed by atoms with Gasteiger partial charge in [-0.05, 0) is 18.2 Å². The normalized spacial score (nSPS) is 14.0. The molecule has 6 nitrogen and oxygen atoms in total. The van der Waals surface area contributed by atoms with Crippen LogP contribution >= 0.6 is 0 Å². The first kappa shape index (κ1) is 18.9. The number of ketones is 1. The van der Waals surface area contributed by atoms with Gasteiger partial charge in [0.05, 0.1) is 35.2 Å². The minimum absolute atomic E-state index is 0.204. The lowest BCUT2D eigenvalue weighted by atomic mass is 10.0. The highest BCUT2D eigenvalue weighted by molar-refractivity contribution is 6.03. The summed E-state index contributed by atoms with van der Waals surface area (Å²) in [6.45, 7) is -0.223. The van der Waals surface area contributed by atoms with Gasteiger partial charge in [0.1, 0.15) is 0 Å². The van der Waals surface area contributed by atoms with Crippen molar-refractivity contribution >= 4 is 11.7 Å². The maximum Gasteiger partial charge on any atom is 0.417 e. The highest BCUT2D eigenvalue weighted by Crippen LogP contribution is 2.32. The van der Waals surface area contributed by atoms with Gasteiger partial charge < -0.3 is 4.90 Å². The molecular weight excluding hydrogens is 385 g/mol. The van der Waals surface area contributed by atoms with E-state index in [1.807, 2.05) is 0 Å². The van der Waals surface area contributed by atoms with Crippen LogP contribution in [-0.4, -0.2) is 44.4 Å². The molecule has 29 heavy (non-hydrogen) atoms. The molecule has 0 bridgehead atoms. The van der Waals surface area contributed by atoms with E-state index in [-0.39, 0.29) is 6.54 Å². The van der Waals surface area contributed by atoms with Gasteiger partial charge in [-0.2, -0.15) is 18.3 Å². The van der Waals surface area contributed by atoms with Gasteiger partial charge in [-0.25, -0.2) is 4.68 Å². The van der Waals surface area contributed by atoms with Gasteiger partial charge >= 0.3 is 6.18 Å². The smallest absolute Gasteiger partial charge is 0.330 e. The molecule has 0 fully saturated rings. The van der Waals surface area contributed by atoms with Crippen molar-refractivity contribution in [2.45, 2.75) is 12.6 Å². The van der Waals surface area contributed by atoms with Gasteiger partial charge in [0.25, 0.3) is 5.91 Å². The molecule has 1 aliphatic rings. The Balaban J connectivity index is 1.56. The Morgan fingerprint density at radius 1 is 1.14 bits per heavy atom. The van der Waals surface area contributed by atoms with E-state index >= 15 is 0 Å². The van der Waals surface area contributed by atoms with Gasteiger partial charge in [-0.3, -0.25) is 14.6 Å². The number of pyridine rings is 1. The first-order valence-electron chi connectivity index (χ1n) is 8.82. The molecule has 4 rings (SSSR count). The van der Waals surface area contributed by atoms with Crippen molar-refractivity contribution in [2.75, 3.05) is 13.1 Å². The molecule has 0 saturated heterocycles. The van der Waals surface area contributed by atoms with Crippen LogP contribution in [0.25, 0.3) is 5.69 Å². The van der Waals surface area contributed by atoms with Crippen LogP contribution < -0.4 is 0 Å². The summed E-state index contributed by atoms with van der Waals surface area (Å²) in [7, 11) is 0. The predicted octanol–water partition coefficient (Wildman–Crippen LogP) is 3.17. The lowest BCUT2D eigenvalue weighted by molar-refractivity contribution is -0.137. The van der Waals surface area contributed by atoms with Crippen LogP contribution in [0.3, 0.4) is 0 Å². The van der Waals surface area contributed by atoms with Crippen molar-refractivity contribution in [1.29, 1.82) is 0 Å². The molecule has 0 aliphatic carbocycles. The van der Waals surface area contributed by atoms with Crippen molar-refractivity contribution in [3.63, 3.8) is 0 Å². The second-order valence-electron chi connectivity index (χ2n) is 6.59. The van der Waals surface area contributed by atoms with Crippen LogP contribution in [0, 0.1) is 0 Å². The van der Waals surface area contributed by atoms with Crippen LogP contribution in [0.5, 0.6) is 0 Å². The third-order valence-electron chi connectivity index (χ3n) is 4.70. The van der Waals surface area contributed by atoms with E-state index in [1.54, 1.807) is 30.7 Å². The molecule has 148 valence electrons. The maximum absolute atomic E-state index is 13.2. The molecule has 0 saturated carbocycles. The summed E-state index contributed by atoms with van der Waals surface area (Å²) in [4.78, 5) is 30.6. The summed E-state index contributed by atoms with van der Waals surface area (Å²) in [6, 6.07) is 8.11. The average molecular weight is 400 g/mol. The van der Waals surface area contributed by atoms with Gasteiger partial charge in [0, 0.05) is 30.9 Å². The van der Waals surface area contributed by atoms with Crippen LogP contribution in [0.15, 0.2) is 55.0 Å². The minimum Gasteiger partial charge on any atom is -0.330 e. The first-order valence-corrected chi connectivity index (χ1v) is 8.82. The molecule has 9 heteroatoms. The largest absolute Gasteiger partial charge is 0.417 e. The third kappa shape index (κ3) is 3.63. The third-order valence-corrected chi connectivity index (χ3v) is 4.70. The molecular formula is C20H15F3N4O2. The highest BCUT2D eigenvalue weighted by Gasteiger charge is 2.36. The zero-order chi connectivity index (χ0) is 20.6. The second-order valence-corrected chi connectivity index (χ2v) is 6.59. The van der Waals surface area contributed by atoms with E-state index in [1.165, 1.54) is 21.7 Å². The number of hydrogen-bond acceptors (Lipinski definition) is 4. The molecule has 2 aromatic heterocycles. The molecule has 1 aromatic carbocycles. The number of hydrogen-bond donors (Lipinski definition) is 0. The first-order chi connectivity index (χ1) is 13.8. The Bertz CT molecular complexity index is 1080. The van der Waals surface area contributed by atoms with E-state index in [9.17, 15) is 22.8 Å². The van der Waals surface area contributed by atoms with Crippen molar-refractivity contribution < 1.29 is 22.8 Å². The van der Waals surface area contributed by atoms with E-state index in [4.69, 9.17) is 0 Å². The number of rotatable bonds is 4. The summed E-state index contributed by atoms with van der Waals surface area (Å²) in [5, 5.41) is 4.39. The number of halogens is 3. The van der Waals surface area contributed by atoms with E-state index in [0.717, 1.165) is 12.1 Å². The van der Waals surface area contributed by atoms with Crippen LogP contribution in [-0.2, 0) is 12.6 Å². The standard InChI is InChI=1S/C20H15F3N4O2/c21-20(22,23)16-6-2-1-5-14(16)18(28)12-26-9-7-17-15(19(26)29)11-27(25-17)13-4-3-8-24-10-13/h1-6,8,10-11H,7,9,12H2. The average Bonchev–Trinajstić information content (AvgIpc) is 3.15. The molecule has 3 heterocycles. The van der Waals surface area contributed by atoms with E-state index in [0.29, 0.717) is 23.4 Å². The lowest BCUT2D eigenvalue weighted by Crippen LogP contribution is -2.40. The topological polar surface area (TPSA) is 68.1 Å². The number of alkyl halides is 3. The fourth-order valence-corrected chi connectivity index (χ4v) is 3.29. The summed E-state index contributed by atoms with van der Waals surface area (Å²) in [5.74, 6) is -1.19. The van der Waals surface area contributed by atoms with Crippen molar-refractivity contribution in [3.05, 3.63) is 77.4 Å². The molecule has 1 aliphatic heterocycles. The quantitative estimate of drug-likeness (QED) is 0.631. The number of Topliss-reactive ketones (excluding diaryl/α,β-unsaturated/α-hetero) is 1. The summed E-state index contributed by atoms with van der Waals surface area (Å²) in [6.07, 6.45) is 0.524. The minimum atomic E-state index is -4.64. The van der Waals surface area contributed by atoms with Crippen LogP contribution in [0.1, 0.15) is 32.0 Å². The predicted molar refractivity (Wildman–Crippen MR) is 96.7 cm³/mol. The van der Waals surface area contributed by atoms with E-state index in [2.05, 4.69) is 10.1 Å². The summed E-state index contributed by atoms with van der Waals surface area (Å²) >= 11 is 0. The molecule has 0 unspecified atom stereocenters. The molecule has 0 N–H and O–H groups in total. The van der Waals surface area contributed by atoms with Crippen molar-refractivity contribution in [2.24, 2.45) is 0 Å². The summed E-state index contributed by atoms with van der Waals surface area (Å²) in [5.41, 5.74) is 0.149. The number of amides is 1. The second kappa shape index (κ2) is 7.16. The number of carbonyl (C=O) groups is 2. The SMILES string of the molecule is O=C(CN1CCc2nn(-c3cccnc3)cc2C1=O)c1ccccc1C(F)(F)F. The molecule has 0 radical (unpaired) electrons. The van der Waals surface area contributed by atoms with Gasteiger partial charge in [-0.1, -0.05) is 18.2 Å². The molecule has 0 spiro atoms. The van der Waals surface area contributed by atoms with Gasteiger partial charge in [-0.15, -0.1) is 0 Å². The Hall–Kier alpha value is -3.49. The Kier molecular flexibility index (Phi) is 4.65. The fourth-order valence-electron chi connectivity index (χ4n) is 3.29. The lowest BCUT2D eigenvalue weighted by Gasteiger charge is -2.25. The number of carbonyl (C=O) groups excluding carboxylic acids is 2. The van der Waals surface area contributed by atoms with E-state index < -0.39 is 35.5 Å². The number of aromatic nitrogens is 3. The van der Waals surface area contributed by atoms with Crippen LogP contribution in [0.2, 0.25) is 0 Å². The Labute approximate surface area is 163 Å². The Morgan fingerprint density at radius 3 is 2.66 bits per heavy atom. The summed E-state index contributed by atoms with van der Waals surface area (Å²) < 4.78 is 41.1. The molecule has 0 atom stereocenters. The maximum atomic E-state index is 13.2. The van der Waals surface area contributed by atoms with Crippen molar-refractivity contribution in [1.82, 2.24) is 19.7 Å². The highest BCUT2D eigenvalue weighted by atomic mass is 19.4. The number of fused-ring (bicyclic) bond motifs is 1. The van der Waals surface area contributed by atoms with Crippen molar-refractivity contribution in [3.8, 4) is 5.69 Å². The van der Waals surface area contributed by atoms with Gasteiger partial charge in [0.15, 0.2) is 5.78 Å². The number of nitrogens with zero attached hydrogens (tertiary/aromatic N) is 4. The van der Waals surface area contributed by atoms with Gasteiger partial charge in [0.2, 0.25) is 0 Å². The zero-order valence-corrected chi connectivity index (χ0v) is 15.1. The monoisotopic (exact) mass is 400 g/mol. The Morgan fingerprint density at radius 2 is 1.93 bits per heavy atom.